The minimum Gasteiger partial charge on any atom is -0.341 e. The van der Waals surface area contributed by atoms with Crippen LogP contribution in [0.3, 0.4) is 0 Å². The number of rotatable bonds is 5. The summed E-state index contributed by atoms with van der Waals surface area (Å²) in [5.74, 6) is 2.64. The van der Waals surface area contributed by atoms with E-state index in [1.54, 1.807) is 12.1 Å². The van der Waals surface area contributed by atoms with Crippen molar-refractivity contribution in [3.8, 4) is 12.3 Å². The van der Waals surface area contributed by atoms with Gasteiger partial charge in [0, 0.05) is 25.3 Å². The number of carbonyl (C=O) groups is 2. The molecule has 2 unspecified atom stereocenters. The third-order valence-corrected chi connectivity index (χ3v) is 5.66. The Morgan fingerprint density at radius 3 is 2.86 bits per heavy atom. The fraction of sp³-hybridized carbons (Fsp3) is 0.545. The van der Waals surface area contributed by atoms with Crippen molar-refractivity contribution in [2.75, 3.05) is 38.0 Å². The van der Waals surface area contributed by atoms with Crippen LogP contribution in [0.5, 0.6) is 0 Å². The molecule has 29 heavy (non-hydrogen) atoms. The van der Waals surface area contributed by atoms with Gasteiger partial charge in [0.2, 0.25) is 5.91 Å². The maximum Gasteiger partial charge on any atom is 0.319 e. The monoisotopic (exact) mass is 400 g/mol. The topological polar surface area (TPSA) is 64.7 Å². The van der Waals surface area contributed by atoms with Crippen molar-refractivity contribution in [2.24, 2.45) is 5.92 Å². The van der Waals surface area contributed by atoms with Crippen molar-refractivity contribution in [3.05, 3.63) is 30.1 Å². The van der Waals surface area contributed by atoms with Gasteiger partial charge in [-0.05, 0) is 56.3 Å². The zero-order chi connectivity index (χ0) is 20.6. The number of anilines is 1. The molecule has 1 aromatic rings. The van der Waals surface area contributed by atoms with Crippen molar-refractivity contribution in [1.29, 1.82) is 0 Å². The molecule has 0 bridgehead atoms. The molecule has 2 atom stereocenters. The minimum atomic E-state index is -0.397. The van der Waals surface area contributed by atoms with Crippen molar-refractivity contribution < 1.29 is 14.0 Å². The quantitative estimate of drug-likeness (QED) is 0.747. The van der Waals surface area contributed by atoms with Gasteiger partial charge in [-0.3, -0.25) is 9.69 Å². The smallest absolute Gasteiger partial charge is 0.319 e. The summed E-state index contributed by atoms with van der Waals surface area (Å²) in [6, 6.07) is 5.29. The van der Waals surface area contributed by atoms with Crippen LogP contribution in [0.4, 0.5) is 14.9 Å². The van der Waals surface area contributed by atoms with E-state index >= 15 is 0 Å². The number of hydrogen-bond acceptors (Lipinski definition) is 3. The first-order valence-corrected chi connectivity index (χ1v) is 10.3. The van der Waals surface area contributed by atoms with Crippen LogP contribution in [0.15, 0.2) is 24.3 Å². The van der Waals surface area contributed by atoms with Gasteiger partial charge in [0.25, 0.3) is 0 Å². The molecule has 0 aromatic heterocycles. The number of nitrogens with zero attached hydrogens (tertiary/aromatic N) is 2. The highest BCUT2D eigenvalue weighted by Crippen LogP contribution is 2.22. The Hall–Kier alpha value is -2.59. The molecule has 156 valence electrons. The number of piperidine rings is 2. The Morgan fingerprint density at radius 1 is 1.21 bits per heavy atom. The SMILES string of the molecule is C#CCN1CCCCC1C(=O)N1CCCC(CNC(=O)Nc2cccc(F)c2)C1. The van der Waals surface area contributed by atoms with E-state index in [-0.39, 0.29) is 23.9 Å². The predicted molar refractivity (Wildman–Crippen MR) is 111 cm³/mol. The molecule has 7 heteroatoms. The fourth-order valence-electron chi connectivity index (χ4n) is 4.20. The molecule has 3 amide bonds. The number of benzene rings is 1. The van der Waals surface area contributed by atoms with Gasteiger partial charge in [-0.1, -0.05) is 18.4 Å². The summed E-state index contributed by atoms with van der Waals surface area (Å²) in [5, 5.41) is 5.47. The van der Waals surface area contributed by atoms with Crippen LogP contribution >= 0.6 is 0 Å². The zero-order valence-corrected chi connectivity index (χ0v) is 16.7. The van der Waals surface area contributed by atoms with E-state index in [0.717, 1.165) is 45.2 Å². The molecule has 2 fully saturated rings. The van der Waals surface area contributed by atoms with Crippen LogP contribution in [0.2, 0.25) is 0 Å². The van der Waals surface area contributed by atoms with E-state index in [1.807, 2.05) is 4.90 Å². The number of carbonyl (C=O) groups excluding carboxylic acids is 2. The summed E-state index contributed by atoms with van der Waals surface area (Å²) in [5.41, 5.74) is 0.411. The first-order chi connectivity index (χ1) is 14.1. The summed E-state index contributed by atoms with van der Waals surface area (Å²) in [4.78, 5) is 29.2. The molecule has 2 saturated heterocycles. The maximum absolute atomic E-state index is 13.2. The highest BCUT2D eigenvalue weighted by molar-refractivity contribution is 5.89. The summed E-state index contributed by atoms with van der Waals surface area (Å²) in [6.45, 7) is 3.25. The predicted octanol–water partition coefficient (Wildman–Crippen LogP) is 2.67. The summed E-state index contributed by atoms with van der Waals surface area (Å²) in [6.07, 6.45) is 10.3. The van der Waals surface area contributed by atoms with Gasteiger partial charge in [0.05, 0.1) is 12.6 Å². The Bertz CT molecular complexity index is 763. The third-order valence-electron chi connectivity index (χ3n) is 5.66. The van der Waals surface area contributed by atoms with Crippen molar-refractivity contribution >= 4 is 17.6 Å². The molecule has 6 nitrogen and oxygen atoms in total. The number of likely N-dealkylation sites (tertiary alicyclic amines) is 2. The summed E-state index contributed by atoms with van der Waals surface area (Å²) >= 11 is 0. The lowest BCUT2D eigenvalue weighted by atomic mass is 9.95. The van der Waals surface area contributed by atoms with Crippen molar-refractivity contribution in [3.63, 3.8) is 0 Å². The molecule has 2 aliphatic heterocycles. The lowest BCUT2D eigenvalue weighted by molar-refractivity contribution is -0.139. The fourth-order valence-corrected chi connectivity index (χ4v) is 4.20. The summed E-state index contributed by atoms with van der Waals surface area (Å²) in [7, 11) is 0. The van der Waals surface area contributed by atoms with Crippen LogP contribution in [0.25, 0.3) is 0 Å². The number of hydrogen-bond donors (Lipinski definition) is 2. The lowest BCUT2D eigenvalue weighted by Crippen LogP contribution is -2.54. The van der Waals surface area contributed by atoms with Crippen LogP contribution in [0.1, 0.15) is 32.1 Å². The third kappa shape index (κ3) is 5.94. The number of halogens is 1. The van der Waals surface area contributed by atoms with Crippen LogP contribution in [-0.2, 0) is 4.79 Å². The number of amides is 3. The second-order valence-electron chi connectivity index (χ2n) is 7.82. The Kier molecular flexibility index (Phi) is 7.48. The van der Waals surface area contributed by atoms with Crippen molar-refractivity contribution in [1.82, 2.24) is 15.1 Å². The normalized spacial score (nSPS) is 22.6. The molecule has 3 rings (SSSR count). The van der Waals surface area contributed by atoms with Gasteiger partial charge in [0.1, 0.15) is 5.82 Å². The second-order valence-corrected chi connectivity index (χ2v) is 7.82. The first kappa shape index (κ1) is 21.1. The molecule has 2 N–H and O–H groups in total. The second kappa shape index (κ2) is 10.3. The van der Waals surface area contributed by atoms with E-state index in [4.69, 9.17) is 6.42 Å². The highest BCUT2D eigenvalue weighted by Gasteiger charge is 2.33. The van der Waals surface area contributed by atoms with Crippen LogP contribution in [0, 0.1) is 24.1 Å². The summed E-state index contributed by atoms with van der Waals surface area (Å²) < 4.78 is 13.2. The van der Waals surface area contributed by atoms with Crippen LogP contribution in [-0.4, -0.2) is 60.5 Å². The Morgan fingerprint density at radius 2 is 2.07 bits per heavy atom. The number of nitrogens with one attached hydrogen (secondary N) is 2. The Balaban J connectivity index is 1.49. The van der Waals surface area contributed by atoms with Gasteiger partial charge >= 0.3 is 6.03 Å². The molecule has 0 radical (unpaired) electrons. The first-order valence-electron chi connectivity index (χ1n) is 10.3. The van der Waals surface area contributed by atoms with Crippen molar-refractivity contribution in [2.45, 2.75) is 38.1 Å². The lowest BCUT2D eigenvalue weighted by Gasteiger charge is -2.39. The van der Waals surface area contributed by atoms with E-state index in [1.165, 1.54) is 12.1 Å². The maximum atomic E-state index is 13.2. The molecule has 0 saturated carbocycles. The minimum absolute atomic E-state index is 0.122. The van der Waals surface area contributed by atoms with Gasteiger partial charge in [-0.25, -0.2) is 9.18 Å². The molecular formula is C22H29FN4O2. The molecular weight excluding hydrogens is 371 g/mol. The molecule has 1 aromatic carbocycles. The number of urea groups is 1. The largest absolute Gasteiger partial charge is 0.341 e. The van der Waals surface area contributed by atoms with E-state index < -0.39 is 5.82 Å². The molecule has 2 aliphatic rings. The number of terminal acetylenes is 1. The molecule has 0 aliphatic carbocycles. The zero-order valence-electron chi connectivity index (χ0n) is 16.7. The molecule has 0 spiro atoms. The van der Waals surface area contributed by atoms with E-state index in [2.05, 4.69) is 21.5 Å². The average molecular weight is 400 g/mol. The molecule has 2 heterocycles. The van der Waals surface area contributed by atoms with Crippen LogP contribution < -0.4 is 10.6 Å². The standard InChI is InChI=1S/C22H29FN4O2/c1-2-11-26-12-4-3-10-20(26)21(28)27-13-6-7-17(16-27)15-24-22(29)25-19-9-5-8-18(23)14-19/h1,5,8-9,14,17,20H,3-4,6-7,10-13,15-16H2,(H2,24,25,29). The van der Waals surface area contributed by atoms with Gasteiger partial charge in [-0.2, -0.15) is 0 Å². The highest BCUT2D eigenvalue weighted by atomic mass is 19.1. The van der Waals surface area contributed by atoms with Gasteiger partial charge < -0.3 is 15.5 Å². The van der Waals surface area contributed by atoms with Gasteiger partial charge in [-0.15, -0.1) is 6.42 Å². The van der Waals surface area contributed by atoms with E-state index in [9.17, 15) is 14.0 Å². The van der Waals surface area contributed by atoms with Gasteiger partial charge in [0.15, 0.2) is 0 Å². The Labute approximate surface area is 171 Å². The van der Waals surface area contributed by atoms with E-state index in [0.29, 0.717) is 25.3 Å². The average Bonchev–Trinajstić information content (AvgIpc) is 2.73.